The van der Waals surface area contributed by atoms with Crippen molar-refractivity contribution in [1.29, 1.82) is 0 Å². The van der Waals surface area contributed by atoms with Gasteiger partial charge in [0.05, 0.1) is 0 Å². The lowest BCUT2D eigenvalue weighted by Crippen LogP contribution is -1.79. The molecule has 0 heterocycles. The first-order valence-electron chi connectivity index (χ1n) is 10.0. The molecule has 0 heteroatoms. The average Bonchev–Trinajstić information content (AvgIpc) is 2.81. The smallest absolute Gasteiger partial charge is 0.00943 e. The minimum atomic E-state index is 0.913. The fourth-order valence-electron chi connectivity index (χ4n) is 3.47. The third-order valence-corrected chi connectivity index (χ3v) is 4.96. The summed E-state index contributed by atoms with van der Waals surface area (Å²) in [5.74, 6) is 0. The molecule has 4 rings (SSSR count). The monoisotopic (exact) mass is 372 g/mol. The molecular weight excluding hydrogens is 348 g/mol. The molecule has 1 aliphatic rings. The van der Waals surface area contributed by atoms with Crippen LogP contribution in [0.3, 0.4) is 0 Å². The standard InChI is InChI=1S/C29H24/c1-2-12-24-14-4-5-15-25(13-3-1)17-10-20-26(18-7-6-16-24)29-23-11-21-27-19-8-9-22-28(27)29/h1-11,13-23H,12H2/b2-1?,5-4?,7-6?,13-3-,14-4?,15-5?,16-6?,17-10?,18-7?,20-10?,24-14?,24-16?,25-15?,25-17?,26-18?,26-20?. The van der Waals surface area contributed by atoms with Gasteiger partial charge in [-0.1, -0.05) is 133 Å². The van der Waals surface area contributed by atoms with E-state index in [2.05, 4.69) is 133 Å². The highest BCUT2D eigenvalue weighted by molar-refractivity contribution is 5.96. The molecule has 0 spiro atoms. The van der Waals surface area contributed by atoms with E-state index >= 15 is 0 Å². The van der Waals surface area contributed by atoms with Crippen LogP contribution in [-0.4, -0.2) is 0 Å². The summed E-state index contributed by atoms with van der Waals surface area (Å²) < 4.78 is 0. The molecule has 1 aliphatic carbocycles. The number of allylic oxidation sites excluding steroid dienone is 3. The molecule has 0 nitrogen and oxygen atoms in total. The van der Waals surface area contributed by atoms with Gasteiger partial charge in [-0.05, 0) is 39.4 Å². The molecule has 3 aromatic carbocycles. The largest absolute Gasteiger partial charge is 0.0801 e. The summed E-state index contributed by atoms with van der Waals surface area (Å²) in [7, 11) is 0. The van der Waals surface area contributed by atoms with Crippen molar-refractivity contribution in [2.75, 3.05) is 0 Å². The molecule has 0 atom stereocenters. The van der Waals surface area contributed by atoms with Gasteiger partial charge in [-0.25, -0.2) is 0 Å². The number of fused-ring (bicyclic) bond motifs is 6. The Balaban J connectivity index is 1.95. The summed E-state index contributed by atoms with van der Waals surface area (Å²) in [4.78, 5) is 0. The van der Waals surface area contributed by atoms with E-state index in [0.29, 0.717) is 0 Å². The highest BCUT2D eigenvalue weighted by Gasteiger charge is 2.01. The van der Waals surface area contributed by atoms with E-state index in [-0.39, 0.29) is 0 Å². The summed E-state index contributed by atoms with van der Waals surface area (Å²) >= 11 is 0. The van der Waals surface area contributed by atoms with E-state index in [1.165, 1.54) is 27.5 Å². The maximum atomic E-state index is 2.20. The molecule has 2 bridgehead atoms. The van der Waals surface area contributed by atoms with Gasteiger partial charge in [-0.15, -0.1) is 0 Å². The van der Waals surface area contributed by atoms with Gasteiger partial charge in [-0.3, -0.25) is 0 Å². The number of benzene rings is 2. The van der Waals surface area contributed by atoms with Crippen LogP contribution in [0, 0.1) is 0 Å². The second-order valence-corrected chi connectivity index (χ2v) is 7.01. The lowest BCUT2D eigenvalue weighted by Gasteiger charge is -2.05. The predicted molar refractivity (Wildman–Crippen MR) is 127 cm³/mol. The van der Waals surface area contributed by atoms with Crippen LogP contribution in [0.4, 0.5) is 0 Å². The number of rotatable bonds is 1. The van der Waals surface area contributed by atoms with Gasteiger partial charge in [0.15, 0.2) is 0 Å². The van der Waals surface area contributed by atoms with Crippen LogP contribution >= 0.6 is 0 Å². The Morgan fingerprint density at radius 2 is 1.17 bits per heavy atom. The lowest BCUT2D eigenvalue weighted by molar-refractivity contribution is 1.28. The summed E-state index contributed by atoms with van der Waals surface area (Å²) in [6.07, 6.45) is 9.46. The maximum Gasteiger partial charge on any atom is -0.00943 e. The van der Waals surface area contributed by atoms with Crippen LogP contribution in [0.1, 0.15) is 11.1 Å². The Hall–Kier alpha value is -3.64. The van der Waals surface area contributed by atoms with Crippen molar-refractivity contribution >= 4 is 16.8 Å². The Labute approximate surface area is 173 Å². The SMILES string of the molecule is C1=CCc2ccccc(cccc(-c3cccc4ccccc34)cccc2)/C=C\1. The third kappa shape index (κ3) is 5.00. The quantitative estimate of drug-likeness (QED) is 0.407. The van der Waals surface area contributed by atoms with Crippen molar-refractivity contribution in [3.63, 3.8) is 0 Å². The van der Waals surface area contributed by atoms with E-state index in [9.17, 15) is 0 Å². The predicted octanol–water partition coefficient (Wildman–Crippen LogP) is 7.88. The van der Waals surface area contributed by atoms with Crippen LogP contribution in [-0.2, 0) is 6.42 Å². The van der Waals surface area contributed by atoms with Crippen LogP contribution < -0.4 is 0 Å². The van der Waals surface area contributed by atoms with Gasteiger partial charge in [0.25, 0.3) is 0 Å². The third-order valence-electron chi connectivity index (χ3n) is 4.96. The van der Waals surface area contributed by atoms with Crippen molar-refractivity contribution in [2.45, 2.75) is 6.42 Å². The topological polar surface area (TPSA) is 0 Å². The molecule has 0 aliphatic heterocycles. The van der Waals surface area contributed by atoms with Crippen molar-refractivity contribution in [3.05, 3.63) is 139 Å². The first kappa shape index (κ1) is 18.7. The fourth-order valence-corrected chi connectivity index (χ4v) is 3.47. The van der Waals surface area contributed by atoms with Crippen LogP contribution in [0.5, 0.6) is 0 Å². The van der Waals surface area contributed by atoms with Crippen molar-refractivity contribution in [2.24, 2.45) is 0 Å². The molecule has 0 unspecified atom stereocenters. The van der Waals surface area contributed by atoms with Gasteiger partial charge < -0.3 is 0 Å². The van der Waals surface area contributed by atoms with Crippen LogP contribution in [0.15, 0.2) is 127 Å². The summed E-state index contributed by atoms with van der Waals surface area (Å²) in [6, 6.07) is 38.6. The van der Waals surface area contributed by atoms with E-state index < -0.39 is 0 Å². The van der Waals surface area contributed by atoms with Crippen molar-refractivity contribution in [1.82, 2.24) is 0 Å². The molecule has 0 radical (unpaired) electrons. The first-order valence-corrected chi connectivity index (χ1v) is 10.0. The molecule has 0 aromatic heterocycles. The van der Waals surface area contributed by atoms with E-state index in [1.807, 2.05) is 0 Å². The summed E-state index contributed by atoms with van der Waals surface area (Å²) in [5, 5.41) is 2.53. The van der Waals surface area contributed by atoms with Crippen LogP contribution in [0.2, 0.25) is 0 Å². The lowest BCUT2D eigenvalue weighted by atomic mass is 9.99. The number of hydrogen-bond acceptors (Lipinski definition) is 0. The molecular formula is C29H24. The Kier molecular flexibility index (Phi) is 6.14. The number of hydrogen-bond donors (Lipinski definition) is 0. The zero-order valence-electron chi connectivity index (χ0n) is 16.4. The van der Waals surface area contributed by atoms with Gasteiger partial charge in [0.2, 0.25) is 0 Å². The normalized spacial score (nSPS) is 12.8. The van der Waals surface area contributed by atoms with Gasteiger partial charge >= 0.3 is 0 Å². The molecule has 140 valence electrons. The summed E-state index contributed by atoms with van der Waals surface area (Å²) in [5.41, 5.74) is 4.87. The molecule has 0 amide bonds. The van der Waals surface area contributed by atoms with Gasteiger partial charge in [-0.2, -0.15) is 0 Å². The summed E-state index contributed by atoms with van der Waals surface area (Å²) in [6.45, 7) is 0. The van der Waals surface area contributed by atoms with Crippen molar-refractivity contribution in [3.8, 4) is 11.1 Å². The maximum absolute atomic E-state index is 2.20. The molecule has 0 saturated heterocycles. The van der Waals surface area contributed by atoms with E-state index in [0.717, 1.165) is 12.0 Å². The van der Waals surface area contributed by atoms with Gasteiger partial charge in [0.1, 0.15) is 0 Å². The van der Waals surface area contributed by atoms with E-state index in [4.69, 9.17) is 0 Å². The molecule has 29 heavy (non-hydrogen) atoms. The Bertz CT molecular complexity index is 1170. The zero-order chi connectivity index (χ0) is 19.7. The molecule has 0 saturated carbocycles. The molecule has 0 fully saturated rings. The minimum absolute atomic E-state index is 0.913. The fraction of sp³-hybridized carbons (Fsp3) is 0.0345. The first-order chi connectivity index (χ1) is 14.4. The van der Waals surface area contributed by atoms with E-state index in [1.54, 1.807) is 0 Å². The highest BCUT2D eigenvalue weighted by atomic mass is 14.0. The van der Waals surface area contributed by atoms with Crippen LogP contribution in [0.25, 0.3) is 28.0 Å². The van der Waals surface area contributed by atoms with Gasteiger partial charge in [0, 0.05) is 0 Å². The second kappa shape index (κ2) is 9.52. The molecule has 0 N–H and O–H groups in total. The zero-order valence-corrected chi connectivity index (χ0v) is 16.4. The Morgan fingerprint density at radius 1 is 0.517 bits per heavy atom. The highest BCUT2D eigenvalue weighted by Crippen LogP contribution is 2.27. The Morgan fingerprint density at radius 3 is 2.10 bits per heavy atom. The average molecular weight is 373 g/mol. The molecule has 3 aromatic rings. The van der Waals surface area contributed by atoms with Crippen molar-refractivity contribution < 1.29 is 0 Å². The minimum Gasteiger partial charge on any atom is -0.0801 e. The second-order valence-electron chi connectivity index (χ2n) is 7.01.